The van der Waals surface area contributed by atoms with E-state index in [2.05, 4.69) is 5.32 Å². The summed E-state index contributed by atoms with van der Waals surface area (Å²) in [6, 6.07) is 15.4. The molecule has 2 rings (SSSR count). The quantitative estimate of drug-likeness (QED) is 0.619. The maximum absolute atomic E-state index is 11.8. The number of anilines is 1. The number of para-hydroxylation sites is 1. The average molecular weight is 364 g/mol. The number of hydrogen-bond donors (Lipinski definition) is 3. The van der Waals surface area contributed by atoms with Crippen LogP contribution in [0.4, 0.5) is 5.69 Å². The molecule has 134 valence electrons. The van der Waals surface area contributed by atoms with E-state index in [0.29, 0.717) is 17.2 Å². The third kappa shape index (κ3) is 7.34. The highest BCUT2D eigenvalue weighted by atomic mass is 32.2. The van der Waals surface area contributed by atoms with Crippen LogP contribution in [0, 0.1) is 0 Å². The molecule has 0 bridgehead atoms. The Hall–Kier alpha value is -2.42. The molecule has 0 fully saturated rings. The largest absolute Gasteiger partial charge is 0.457 e. The Kier molecular flexibility index (Phi) is 6.51. The van der Waals surface area contributed by atoms with E-state index < -0.39 is 21.9 Å². The van der Waals surface area contributed by atoms with E-state index in [9.17, 15) is 13.2 Å². The van der Waals surface area contributed by atoms with Crippen molar-refractivity contribution in [2.75, 3.05) is 11.1 Å². The van der Waals surface area contributed by atoms with Gasteiger partial charge in [0.25, 0.3) is 10.1 Å². The minimum Gasteiger partial charge on any atom is -0.457 e. The normalized spacial score (nSPS) is 12.4. The highest BCUT2D eigenvalue weighted by Gasteiger charge is 2.14. The van der Waals surface area contributed by atoms with Crippen LogP contribution < -0.4 is 15.8 Å². The lowest BCUT2D eigenvalue weighted by atomic mass is 10.2. The van der Waals surface area contributed by atoms with Crippen molar-refractivity contribution in [3.63, 3.8) is 0 Å². The molecule has 0 aliphatic carbocycles. The molecule has 1 atom stereocenters. The topological polar surface area (TPSA) is 119 Å². The zero-order chi connectivity index (χ0) is 18.3. The smallest absolute Gasteiger partial charge is 0.266 e. The Morgan fingerprint density at radius 2 is 1.68 bits per heavy atom. The number of hydrogen-bond acceptors (Lipinski definition) is 5. The van der Waals surface area contributed by atoms with E-state index in [1.165, 1.54) is 0 Å². The van der Waals surface area contributed by atoms with Gasteiger partial charge in [0.2, 0.25) is 5.91 Å². The minimum atomic E-state index is -4.13. The molecule has 1 amide bonds. The molecule has 0 heterocycles. The number of amides is 1. The number of carbonyl (C=O) groups excluding carboxylic acids is 1. The second-order valence-electron chi connectivity index (χ2n) is 5.54. The summed E-state index contributed by atoms with van der Waals surface area (Å²) in [5, 5.41) is 2.69. The van der Waals surface area contributed by atoms with Crippen molar-refractivity contribution in [3.05, 3.63) is 54.6 Å². The molecular weight excluding hydrogens is 344 g/mol. The summed E-state index contributed by atoms with van der Waals surface area (Å²) in [4.78, 5) is 11.8. The van der Waals surface area contributed by atoms with Gasteiger partial charge in [-0.2, -0.15) is 8.42 Å². The van der Waals surface area contributed by atoms with Gasteiger partial charge in [-0.3, -0.25) is 9.35 Å². The number of ether oxygens (including phenoxy) is 1. The van der Waals surface area contributed by atoms with Crippen LogP contribution in [0.25, 0.3) is 0 Å². The Labute approximate surface area is 146 Å². The summed E-state index contributed by atoms with van der Waals surface area (Å²) in [5.41, 5.74) is 6.15. The lowest BCUT2D eigenvalue weighted by Crippen LogP contribution is -2.30. The average Bonchev–Trinajstić information content (AvgIpc) is 2.54. The molecule has 7 nitrogen and oxygen atoms in total. The Morgan fingerprint density at radius 3 is 2.28 bits per heavy atom. The molecule has 2 aromatic rings. The summed E-state index contributed by atoms with van der Waals surface area (Å²) in [6.07, 6.45) is 0.208. The Balaban J connectivity index is 1.81. The van der Waals surface area contributed by atoms with Crippen molar-refractivity contribution >= 4 is 21.7 Å². The van der Waals surface area contributed by atoms with Gasteiger partial charge in [0.05, 0.1) is 5.75 Å². The van der Waals surface area contributed by atoms with Gasteiger partial charge >= 0.3 is 0 Å². The van der Waals surface area contributed by atoms with Crippen molar-refractivity contribution in [1.82, 2.24) is 0 Å². The first-order valence-corrected chi connectivity index (χ1v) is 9.26. The lowest BCUT2D eigenvalue weighted by molar-refractivity contribution is -0.116. The zero-order valence-corrected chi connectivity index (χ0v) is 14.3. The number of rotatable bonds is 8. The molecule has 0 saturated carbocycles. The number of nitrogens with one attached hydrogen (secondary N) is 1. The molecule has 8 heteroatoms. The molecule has 0 aromatic heterocycles. The summed E-state index contributed by atoms with van der Waals surface area (Å²) in [7, 11) is -4.13. The SMILES string of the molecule is N[C@@H](CCC(=O)Nc1ccc(Oc2ccccc2)cc1)CS(=O)(=O)O. The molecule has 0 radical (unpaired) electrons. The third-order valence-corrected chi connectivity index (χ3v) is 4.13. The predicted molar refractivity (Wildman–Crippen MR) is 95.2 cm³/mol. The second kappa shape index (κ2) is 8.61. The van der Waals surface area contributed by atoms with Gasteiger partial charge in [0, 0.05) is 18.2 Å². The van der Waals surface area contributed by atoms with Crippen molar-refractivity contribution in [3.8, 4) is 11.5 Å². The van der Waals surface area contributed by atoms with Crippen molar-refractivity contribution < 1.29 is 22.5 Å². The Morgan fingerprint density at radius 1 is 1.08 bits per heavy atom. The van der Waals surface area contributed by atoms with E-state index in [1.54, 1.807) is 24.3 Å². The predicted octanol–water partition coefficient (Wildman–Crippen LogP) is 2.41. The highest BCUT2D eigenvalue weighted by Crippen LogP contribution is 2.22. The highest BCUT2D eigenvalue weighted by molar-refractivity contribution is 7.85. The van der Waals surface area contributed by atoms with E-state index in [-0.39, 0.29) is 18.7 Å². The lowest BCUT2D eigenvalue weighted by Gasteiger charge is -2.10. The van der Waals surface area contributed by atoms with Crippen molar-refractivity contribution in [2.24, 2.45) is 5.73 Å². The molecule has 25 heavy (non-hydrogen) atoms. The molecule has 0 aliphatic rings. The van der Waals surface area contributed by atoms with Gasteiger partial charge in [-0.25, -0.2) is 0 Å². The van der Waals surface area contributed by atoms with Crippen LogP contribution in [0.15, 0.2) is 54.6 Å². The molecule has 0 aliphatic heterocycles. The van der Waals surface area contributed by atoms with E-state index in [4.69, 9.17) is 15.0 Å². The molecule has 2 aromatic carbocycles. The fourth-order valence-corrected chi connectivity index (χ4v) is 2.83. The first-order chi connectivity index (χ1) is 11.8. The van der Waals surface area contributed by atoms with Gasteiger partial charge in [-0.15, -0.1) is 0 Å². The number of nitrogens with two attached hydrogens (primary N) is 1. The first-order valence-electron chi connectivity index (χ1n) is 7.65. The van der Waals surface area contributed by atoms with Gasteiger partial charge in [0.1, 0.15) is 11.5 Å². The number of benzene rings is 2. The fourth-order valence-electron chi connectivity index (χ4n) is 2.12. The van der Waals surface area contributed by atoms with Crippen LogP contribution >= 0.6 is 0 Å². The molecule has 0 spiro atoms. The van der Waals surface area contributed by atoms with Crippen LogP contribution in [0.3, 0.4) is 0 Å². The standard InChI is InChI=1S/C17H20N2O5S/c18-13(12-25(21,22)23)6-11-17(20)19-14-7-9-16(10-8-14)24-15-4-2-1-3-5-15/h1-5,7-10,13H,6,11-12,18H2,(H,19,20)(H,21,22,23)/t13-/m0/s1. The van der Waals surface area contributed by atoms with Crippen molar-refractivity contribution in [2.45, 2.75) is 18.9 Å². The van der Waals surface area contributed by atoms with Crippen molar-refractivity contribution in [1.29, 1.82) is 0 Å². The third-order valence-electron chi connectivity index (χ3n) is 3.28. The summed E-state index contributed by atoms with van der Waals surface area (Å²) >= 11 is 0. The molecule has 0 unspecified atom stereocenters. The van der Waals surface area contributed by atoms with Crippen LogP contribution in [0.2, 0.25) is 0 Å². The van der Waals surface area contributed by atoms with Gasteiger partial charge in [-0.1, -0.05) is 18.2 Å². The Bertz CT molecular complexity index is 792. The van der Waals surface area contributed by atoms with Gasteiger partial charge in [0.15, 0.2) is 0 Å². The number of carbonyl (C=O) groups is 1. The summed E-state index contributed by atoms with van der Waals surface area (Å²) in [5.74, 6) is 0.500. The zero-order valence-electron chi connectivity index (χ0n) is 13.5. The monoisotopic (exact) mass is 364 g/mol. The fraction of sp³-hybridized carbons (Fsp3) is 0.235. The van der Waals surface area contributed by atoms with E-state index >= 15 is 0 Å². The molecular formula is C17H20N2O5S. The van der Waals surface area contributed by atoms with Crippen LogP contribution in [-0.2, 0) is 14.9 Å². The van der Waals surface area contributed by atoms with Gasteiger partial charge in [-0.05, 0) is 42.8 Å². The summed E-state index contributed by atoms with van der Waals surface area (Å²) < 4.78 is 35.8. The van der Waals surface area contributed by atoms with Crippen LogP contribution in [-0.4, -0.2) is 30.7 Å². The van der Waals surface area contributed by atoms with E-state index in [1.807, 2.05) is 30.3 Å². The van der Waals surface area contributed by atoms with Crippen LogP contribution in [0.5, 0.6) is 11.5 Å². The second-order valence-corrected chi connectivity index (χ2v) is 7.03. The summed E-state index contributed by atoms with van der Waals surface area (Å²) in [6.45, 7) is 0. The minimum absolute atomic E-state index is 0.0545. The van der Waals surface area contributed by atoms with Gasteiger partial charge < -0.3 is 15.8 Å². The first kappa shape index (κ1) is 18.9. The molecule has 0 saturated heterocycles. The van der Waals surface area contributed by atoms with E-state index in [0.717, 1.165) is 0 Å². The van der Waals surface area contributed by atoms with Crippen LogP contribution in [0.1, 0.15) is 12.8 Å². The molecule has 4 N–H and O–H groups in total. The maximum atomic E-state index is 11.8. The maximum Gasteiger partial charge on any atom is 0.266 e.